The van der Waals surface area contributed by atoms with E-state index in [0.717, 1.165) is 23.7 Å². The van der Waals surface area contributed by atoms with Crippen molar-refractivity contribution in [2.45, 2.75) is 32.7 Å². The lowest BCUT2D eigenvalue weighted by atomic mass is 9.99. The van der Waals surface area contributed by atoms with E-state index in [9.17, 15) is 0 Å². The molecule has 0 aliphatic carbocycles. The Morgan fingerprint density at radius 3 is 3.09 bits per heavy atom. The largest absolute Gasteiger partial charge is 0.384 e. The molecule has 1 saturated heterocycles. The number of fused-ring (bicyclic) bond motifs is 1. The molecule has 0 saturated carbocycles. The first kappa shape index (κ1) is 15.0. The van der Waals surface area contributed by atoms with Crippen molar-refractivity contribution in [3.05, 3.63) is 18.5 Å². The average molecular weight is 300 g/mol. The standard InChI is InChI=1S/C16H24N6/c1-11-4-3-7-22(9-11)12(2)8-18-15-13-5-6-14(17)21-16(13)20-10-19-15/h5-6,10-12H,3-4,7-9H2,1-2H3,(H3,17,18,19,20,21). The number of pyridine rings is 1. The lowest BCUT2D eigenvalue weighted by Crippen LogP contribution is -2.43. The summed E-state index contributed by atoms with van der Waals surface area (Å²) >= 11 is 0. The van der Waals surface area contributed by atoms with Gasteiger partial charge in [0.15, 0.2) is 5.65 Å². The van der Waals surface area contributed by atoms with Crippen molar-refractivity contribution < 1.29 is 0 Å². The summed E-state index contributed by atoms with van der Waals surface area (Å²) in [6, 6.07) is 4.19. The zero-order valence-electron chi connectivity index (χ0n) is 13.3. The van der Waals surface area contributed by atoms with E-state index in [4.69, 9.17) is 5.73 Å². The fourth-order valence-electron chi connectivity index (χ4n) is 3.10. The van der Waals surface area contributed by atoms with Gasteiger partial charge in [0.05, 0.1) is 5.39 Å². The summed E-state index contributed by atoms with van der Waals surface area (Å²) in [7, 11) is 0. The minimum Gasteiger partial charge on any atom is -0.384 e. The molecule has 6 nitrogen and oxygen atoms in total. The summed E-state index contributed by atoms with van der Waals surface area (Å²) in [6.45, 7) is 7.84. The molecular formula is C16H24N6. The van der Waals surface area contributed by atoms with Gasteiger partial charge in [0.2, 0.25) is 0 Å². The number of nitrogens with two attached hydrogens (primary N) is 1. The molecule has 0 radical (unpaired) electrons. The molecule has 1 aliphatic rings. The van der Waals surface area contributed by atoms with Gasteiger partial charge in [-0.3, -0.25) is 4.90 Å². The Bertz CT molecular complexity index is 644. The van der Waals surface area contributed by atoms with Crippen LogP contribution in [-0.2, 0) is 0 Å². The molecule has 118 valence electrons. The highest BCUT2D eigenvalue weighted by molar-refractivity contribution is 5.87. The topological polar surface area (TPSA) is 80.0 Å². The van der Waals surface area contributed by atoms with Crippen LogP contribution in [0.1, 0.15) is 26.7 Å². The number of hydrogen-bond acceptors (Lipinski definition) is 6. The Morgan fingerprint density at radius 2 is 2.27 bits per heavy atom. The van der Waals surface area contributed by atoms with Crippen LogP contribution in [0.25, 0.3) is 11.0 Å². The number of nitrogens with zero attached hydrogens (tertiary/aromatic N) is 4. The van der Waals surface area contributed by atoms with Crippen LogP contribution in [0.2, 0.25) is 0 Å². The molecule has 0 aromatic carbocycles. The minimum atomic E-state index is 0.479. The van der Waals surface area contributed by atoms with Gasteiger partial charge in [-0.05, 0) is 44.4 Å². The third-order valence-corrected chi connectivity index (χ3v) is 4.40. The summed E-state index contributed by atoms with van der Waals surface area (Å²) in [4.78, 5) is 15.3. The zero-order chi connectivity index (χ0) is 15.5. The Hall–Kier alpha value is -1.95. The number of nitrogens with one attached hydrogen (secondary N) is 1. The molecule has 3 N–H and O–H groups in total. The number of likely N-dealkylation sites (tertiary alicyclic amines) is 1. The van der Waals surface area contributed by atoms with E-state index in [0.29, 0.717) is 17.5 Å². The van der Waals surface area contributed by atoms with E-state index >= 15 is 0 Å². The van der Waals surface area contributed by atoms with Gasteiger partial charge in [0, 0.05) is 19.1 Å². The third kappa shape index (κ3) is 3.27. The highest BCUT2D eigenvalue weighted by Crippen LogP contribution is 2.20. The van der Waals surface area contributed by atoms with Crippen molar-refractivity contribution in [3.63, 3.8) is 0 Å². The monoisotopic (exact) mass is 300 g/mol. The van der Waals surface area contributed by atoms with Crippen molar-refractivity contribution in [2.24, 2.45) is 5.92 Å². The minimum absolute atomic E-state index is 0.479. The van der Waals surface area contributed by atoms with Crippen molar-refractivity contribution in [2.75, 3.05) is 30.7 Å². The van der Waals surface area contributed by atoms with E-state index in [1.165, 1.54) is 32.3 Å². The Labute approximate surface area is 131 Å². The van der Waals surface area contributed by atoms with Gasteiger partial charge in [-0.15, -0.1) is 0 Å². The molecule has 2 unspecified atom stereocenters. The SMILES string of the molecule is CC1CCCN(C(C)CNc2ncnc3nc(N)ccc23)C1. The number of nitrogen functional groups attached to an aromatic ring is 1. The summed E-state index contributed by atoms with van der Waals surface area (Å²) in [5.74, 6) is 2.10. The first-order valence-corrected chi connectivity index (χ1v) is 7.98. The molecular weight excluding hydrogens is 276 g/mol. The smallest absolute Gasteiger partial charge is 0.166 e. The second kappa shape index (κ2) is 6.44. The molecule has 3 heterocycles. The van der Waals surface area contributed by atoms with Crippen LogP contribution < -0.4 is 11.1 Å². The zero-order valence-corrected chi connectivity index (χ0v) is 13.3. The maximum atomic E-state index is 5.71. The molecule has 1 aliphatic heterocycles. The molecule has 22 heavy (non-hydrogen) atoms. The molecule has 0 amide bonds. The van der Waals surface area contributed by atoms with Gasteiger partial charge < -0.3 is 11.1 Å². The van der Waals surface area contributed by atoms with Crippen molar-refractivity contribution in [1.82, 2.24) is 19.9 Å². The quantitative estimate of drug-likeness (QED) is 0.900. The first-order valence-electron chi connectivity index (χ1n) is 7.98. The van der Waals surface area contributed by atoms with Gasteiger partial charge in [-0.1, -0.05) is 6.92 Å². The van der Waals surface area contributed by atoms with Crippen molar-refractivity contribution in [1.29, 1.82) is 0 Å². The lowest BCUT2D eigenvalue weighted by molar-refractivity contribution is 0.144. The second-order valence-electron chi connectivity index (χ2n) is 6.30. The predicted octanol–water partition coefficient (Wildman–Crippen LogP) is 2.14. The third-order valence-electron chi connectivity index (χ3n) is 4.40. The van der Waals surface area contributed by atoms with Crippen LogP contribution in [0.4, 0.5) is 11.6 Å². The van der Waals surface area contributed by atoms with Gasteiger partial charge in [-0.25, -0.2) is 15.0 Å². The fraction of sp³-hybridized carbons (Fsp3) is 0.562. The number of rotatable bonds is 4. The van der Waals surface area contributed by atoms with Crippen LogP contribution in [-0.4, -0.2) is 45.5 Å². The number of aromatic nitrogens is 3. The van der Waals surface area contributed by atoms with Crippen LogP contribution >= 0.6 is 0 Å². The lowest BCUT2D eigenvalue weighted by Gasteiger charge is -2.35. The maximum Gasteiger partial charge on any atom is 0.166 e. The van der Waals surface area contributed by atoms with E-state index in [2.05, 4.69) is 39.0 Å². The maximum absolute atomic E-state index is 5.71. The van der Waals surface area contributed by atoms with E-state index < -0.39 is 0 Å². The second-order valence-corrected chi connectivity index (χ2v) is 6.30. The number of hydrogen-bond donors (Lipinski definition) is 2. The van der Waals surface area contributed by atoms with Crippen molar-refractivity contribution in [3.8, 4) is 0 Å². The van der Waals surface area contributed by atoms with Gasteiger partial charge in [-0.2, -0.15) is 0 Å². The van der Waals surface area contributed by atoms with Gasteiger partial charge >= 0.3 is 0 Å². The Kier molecular flexibility index (Phi) is 4.38. The van der Waals surface area contributed by atoms with Crippen LogP contribution in [0, 0.1) is 5.92 Å². The highest BCUT2D eigenvalue weighted by atomic mass is 15.2. The first-order chi connectivity index (χ1) is 10.6. The summed E-state index contributed by atoms with van der Waals surface area (Å²) < 4.78 is 0. The van der Waals surface area contributed by atoms with E-state index in [1.807, 2.05) is 6.07 Å². The van der Waals surface area contributed by atoms with Crippen molar-refractivity contribution >= 4 is 22.7 Å². The molecule has 0 spiro atoms. The molecule has 0 bridgehead atoms. The van der Waals surface area contributed by atoms with Gasteiger partial charge in [0.1, 0.15) is 18.0 Å². The number of piperidine rings is 1. The highest BCUT2D eigenvalue weighted by Gasteiger charge is 2.20. The average Bonchev–Trinajstić information content (AvgIpc) is 2.52. The Morgan fingerprint density at radius 1 is 1.41 bits per heavy atom. The number of anilines is 2. The predicted molar refractivity (Wildman–Crippen MR) is 89.7 cm³/mol. The fourth-order valence-corrected chi connectivity index (χ4v) is 3.10. The molecule has 3 rings (SSSR count). The normalized spacial score (nSPS) is 20.9. The molecule has 2 aromatic heterocycles. The van der Waals surface area contributed by atoms with Crippen LogP contribution in [0.5, 0.6) is 0 Å². The molecule has 2 aromatic rings. The molecule has 1 fully saturated rings. The van der Waals surface area contributed by atoms with E-state index in [-0.39, 0.29) is 0 Å². The summed E-state index contributed by atoms with van der Waals surface area (Å²) in [5.41, 5.74) is 6.34. The van der Waals surface area contributed by atoms with Crippen LogP contribution in [0.3, 0.4) is 0 Å². The molecule has 6 heteroatoms. The summed E-state index contributed by atoms with van der Waals surface area (Å²) in [6.07, 6.45) is 4.18. The van der Waals surface area contributed by atoms with Crippen LogP contribution in [0.15, 0.2) is 18.5 Å². The Balaban J connectivity index is 1.68. The molecule has 2 atom stereocenters. The van der Waals surface area contributed by atoms with E-state index in [1.54, 1.807) is 6.07 Å². The summed E-state index contributed by atoms with van der Waals surface area (Å²) in [5, 5.41) is 4.36. The van der Waals surface area contributed by atoms with Gasteiger partial charge in [0.25, 0.3) is 0 Å².